The number of benzene rings is 3. The SMILES string of the molecule is COc1ccc(CN(c2ccccc2)S(=O)(=O)c2ccc(F)cc2C)cc1OC. The van der Waals surface area contributed by atoms with Gasteiger partial charge in [0.15, 0.2) is 11.5 Å². The van der Waals surface area contributed by atoms with Gasteiger partial charge in [-0.1, -0.05) is 24.3 Å². The van der Waals surface area contributed by atoms with Crippen molar-refractivity contribution in [3.05, 3.63) is 83.7 Å². The maximum Gasteiger partial charge on any atom is 0.264 e. The molecule has 0 fully saturated rings. The number of nitrogens with zero attached hydrogens (tertiary/aromatic N) is 1. The van der Waals surface area contributed by atoms with Crippen LogP contribution in [0.15, 0.2) is 71.6 Å². The molecule has 0 saturated carbocycles. The zero-order valence-electron chi connectivity index (χ0n) is 16.4. The van der Waals surface area contributed by atoms with Crippen molar-refractivity contribution in [1.82, 2.24) is 0 Å². The van der Waals surface area contributed by atoms with E-state index in [1.807, 2.05) is 6.07 Å². The number of ether oxygens (including phenoxy) is 2. The van der Waals surface area contributed by atoms with E-state index < -0.39 is 15.8 Å². The average molecular weight is 415 g/mol. The van der Waals surface area contributed by atoms with Gasteiger partial charge in [-0.25, -0.2) is 12.8 Å². The highest BCUT2D eigenvalue weighted by Gasteiger charge is 2.27. The van der Waals surface area contributed by atoms with Gasteiger partial charge in [0.25, 0.3) is 10.0 Å². The van der Waals surface area contributed by atoms with Crippen molar-refractivity contribution in [1.29, 1.82) is 0 Å². The molecule has 0 aromatic heterocycles. The summed E-state index contributed by atoms with van der Waals surface area (Å²) in [5, 5.41) is 0. The minimum absolute atomic E-state index is 0.0585. The normalized spacial score (nSPS) is 11.2. The van der Waals surface area contributed by atoms with Crippen LogP contribution in [-0.2, 0) is 16.6 Å². The van der Waals surface area contributed by atoms with Crippen LogP contribution in [0.1, 0.15) is 11.1 Å². The summed E-state index contributed by atoms with van der Waals surface area (Å²) >= 11 is 0. The first-order valence-electron chi connectivity index (χ1n) is 8.91. The third-order valence-electron chi connectivity index (χ3n) is 4.52. The Bertz CT molecular complexity index is 1100. The van der Waals surface area contributed by atoms with Gasteiger partial charge in [-0.15, -0.1) is 0 Å². The zero-order chi connectivity index (χ0) is 21.0. The fourth-order valence-electron chi connectivity index (χ4n) is 3.08. The molecule has 0 amide bonds. The molecule has 0 radical (unpaired) electrons. The smallest absolute Gasteiger partial charge is 0.264 e. The first kappa shape index (κ1) is 20.7. The molecule has 0 heterocycles. The molecule has 0 aliphatic rings. The van der Waals surface area contributed by atoms with Crippen molar-refractivity contribution in [2.75, 3.05) is 18.5 Å². The van der Waals surface area contributed by atoms with Crippen LogP contribution < -0.4 is 13.8 Å². The Balaban J connectivity index is 2.09. The number of aryl methyl sites for hydroxylation is 1. The largest absolute Gasteiger partial charge is 0.493 e. The maximum atomic E-state index is 13.5. The van der Waals surface area contributed by atoms with E-state index in [1.54, 1.807) is 49.4 Å². The molecule has 0 aliphatic heterocycles. The number of hydrogen-bond acceptors (Lipinski definition) is 4. The van der Waals surface area contributed by atoms with Gasteiger partial charge in [-0.2, -0.15) is 0 Å². The molecule has 0 spiro atoms. The lowest BCUT2D eigenvalue weighted by molar-refractivity contribution is 0.354. The molecular weight excluding hydrogens is 393 g/mol. The van der Waals surface area contributed by atoms with Crippen molar-refractivity contribution < 1.29 is 22.3 Å². The number of anilines is 1. The van der Waals surface area contributed by atoms with Crippen LogP contribution in [-0.4, -0.2) is 22.6 Å². The topological polar surface area (TPSA) is 55.8 Å². The second-order valence-electron chi connectivity index (χ2n) is 6.45. The van der Waals surface area contributed by atoms with Gasteiger partial charge in [0.1, 0.15) is 5.82 Å². The van der Waals surface area contributed by atoms with E-state index in [1.165, 1.54) is 30.7 Å². The summed E-state index contributed by atoms with van der Waals surface area (Å²) in [6.07, 6.45) is 0. The number of hydrogen-bond donors (Lipinski definition) is 0. The quantitative estimate of drug-likeness (QED) is 0.568. The van der Waals surface area contributed by atoms with Gasteiger partial charge in [-0.3, -0.25) is 4.31 Å². The summed E-state index contributed by atoms with van der Waals surface area (Å²) in [6.45, 7) is 1.65. The molecule has 29 heavy (non-hydrogen) atoms. The number of para-hydroxylation sites is 1. The molecule has 0 aliphatic carbocycles. The number of rotatable bonds is 7. The Kier molecular flexibility index (Phi) is 6.08. The van der Waals surface area contributed by atoms with Gasteiger partial charge < -0.3 is 9.47 Å². The molecule has 5 nitrogen and oxygen atoms in total. The Morgan fingerprint density at radius 2 is 1.59 bits per heavy atom. The molecule has 3 aromatic carbocycles. The van der Waals surface area contributed by atoms with Crippen LogP contribution in [0.2, 0.25) is 0 Å². The Morgan fingerprint density at radius 3 is 2.21 bits per heavy atom. The fraction of sp³-hybridized carbons (Fsp3) is 0.182. The highest BCUT2D eigenvalue weighted by atomic mass is 32.2. The van der Waals surface area contributed by atoms with Crippen LogP contribution in [0, 0.1) is 12.7 Å². The second kappa shape index (κ2) is 8.53. The third-order valence-corrected chi connectivity index (χ3v) is 6.46. The van der Waals surface area contributed by atoms with Crippen LogP contribution >= 0.6 is 0 Å². The highest BCUT2D eigenvalue weighted by Crippen LogP contribution is 2.31. The number of halogens is 1. The van der Waals surface area contributed by atoms with Gasteiger partial charge in [0.05, 0.1) is 31.3 Å². The first-order valence-corrected chi connectivity index (χ1v) is 10.4. The Hall–Kier alpha value is -3.06. The van der Waals surface area contributed by atoms with Gasteiger partial charge in [-0.05, 0) is 60.5 Å². The Morgan fingerprint density at radius 1 is 0.897 bits per heavy atom. The molecule has 0 N–H and O–H groups in total. The highest BCUT2D eigenvalue weighted by molar-refractivity contribution is 7.92. The van der Waals surface area contributed by atoms with Crippen LogP contribution in [0.4, 0.5) is 10.1 Å². The standard InChI is InChI=1S/C22H22FNO4S/c1-16-13-18(23)10-12-22(16)29(25,26)24(19-7-5-4-6-8-19)15-17-9-11-20(27-2)21(14-17)28-3/h4-14H,15H2,1-3H3. The average Bonchev–Trinajstić information content (AvgIpc) is 2.72. The van der Waals surface area contributed by atoms with Crippen molar-refractivity contribution in [2.45, 2.75) is 18.4 Å². The van der Waals surface area contributed by atoms with Crippen LogP contribution in [0.25, 0.3) is 0 Å². The summed E-state index contributed by atoms with van der Waals surface area (Å²) in [5.74, 6) is 0.584. The number of sulfonamides is 1. The van der Waals surface area contributed by atoms with Crippen molar-refractivity contribution >= 4 is 15.7 Å². The van der Waals surface area contributed by atoms with Crippen molar-refractivity contribution in [3.63, 3.8) is 0 Å². The predicted octanol–water partition coefficient (Wildman–Crippen LogP) is 4.55. The molecule has 0 saturated heterocycles. The summed E-state index contributed by atoms with van der Waals surface area (Å²) in [7, 11) is -0.880. The minimum atomic E-state index is -3.94. The summed E-state index contributed by atoms with van der Waals surface area (Å²) in [6, 6.07) is 17.7. The number of methoxy groups -OCH3 is 2. The van der Waals surface area contributed by atoms with E-state index in [4.69, 9.17) is 9.47 Å². The molecule has 0 unspecified atom stereocenters. The Labute approximate surface area is 170 Å². The molecule has 0 atom stereocenters. The van der Waals surface area contributed by atoms with E-state index in [2.05, 4.69) is 0 Å². The summed E-state index contributed by atoms with van der Waals surface area (Å²) < 4.78 is 52.4. The van der Waals surface area contributed by atoms with E-state index in [0.717, 1.165) is 11.6 Å². The third kappa shape index (κ3) is 4.35. The molecule has 0 bridgehead atoms. The monoisotopic (exact) mass is 415 g/mol. The predicted molar refractivity (Wildman–Crippen MR) is 110 cm³/mol. The van der Waals surface area contributed by atoms with E-state index in [9.17, 15) is 12.8 Å². The molecule has 7 heteroatoms. The van der Waals surface area contributed by atoms with E-state index >= 15 is 0 Å². The molecule has 3 rings (SSSR count). The lowest BCUT2D eigenvalue weighted by atomic mass is 10.2. The minimum Gasteiger partial charge on any atom is -0.493 e. The van der Waals surface area contributed by atoms with Gasteiger partial charge in [0.2, 0.25) is 0 Å². The van der Waals surface area contributed by atoms with E-state index in [0.29, 0.717) is 22.7 Å². The van der Waals surface area contributed by atoms with Crippen molar-refractivity contribution in [3.8, 4) is 11.5 Å². The lowest BCUT2D eigenvalue weighted by Gasteiger charge is -2.26. The first-order chi connectivity index (χ1) is 13.9. The maximum absolute atomic E-state index is 13.5. The van der Waals surface area contributed by atoms with Crippen LogP contribution in [0.3, 0.4) is 0 Å². The fourth-order valence-corrected chi connectivity index (χ4v) is 4.74. The second-order valence-corrected chi connectivity index (χ2v) is 8.28. The lowest BCUT2D eigenvalue weighted by Crippen LogP contribution is -2.31. The zero-order valence-corrected chi connectivity index (χ0v) is 17.2. The molecule has 152 valence electrons. The summed E-state index contributed by atoms with van der Waals surface area (Å²) in [4.78, 5) is 0.0585. The molecular formula is C22H22FNO4S. The molecule has 3 aromatic rings. The van der Waals surface area contributed by atoms with Crippen molar-refractivity contribution in [2.24, 2.45) is 0 Å². The van der Waals surface area contributed by atoms with E-state index in [-0.39, 0.29) is 11.4 Å². The van der Waals surface area contributed by atoms with Gasteiger partial charge >= 0.3 is 0 Å². The van der Waals surface area contributed by atoms with Crippen LogP contribution in [0.5, 0.6) is 11.5 Å². The van der Waals surface area contributed by atoms with Gasteiger partial charge in [0, 0.05) is 0 Å². The summed E-state index contributed by atoms with van der Waals surface area (Å²) in [5.41, 5.74) is 1.57.